The highest BCUT2D eigenvalue weighted by Crippen LogP contribution is 2.30. The third-order valence-electron chi connectivity index (χ3n) is 3.71. The molecule has 0 unspecified atom stereocenters. The van der Waals surface area contributed by atoms with Crippen molar-refractivity contribution in [2.75, 3.05) is 20.0 Å². The fourth-order valence-corrected chi connectivity index (χ4v) is 3.74. The molecule has 0 bridgehead atoms. The number of thioether (sulfide) groups is 1. The van der Waals surface area contributed by atoms with E-state index in [4.69, 9.17) is 9.47 Å². The summed E-state index contributed by atoms with van der Waals surface area (Å²) in [5.74, 6) is 1.99. The fourth-order valence-electron chi connectivity index (χ4n) is 2.52. The van der Waals surface area contributed by atoms with Crippen LogP contribution >= 0.6 is 11.8 Å². The Labute approximate surface area is 125 Å². The van der Waals surface area contributed by atoms with Gasteiger partial charge in [0.15, 0.2) is 17.3 Å². The Morgan fingerprint density at radius 3 is 2.50 bits per heavy atom. The van der Waals surface area contributed by atoms with Crippen molar-refractivity contribution in [1.29, 1.82) is 0 Å². The van der Waals surface area contributed by atoms with Gasteiger partial charge in [-0.25, -0.2) is 0 Å². The van der Waals surface area contributed by atoms with E-state index in [1.807, 2.05) is 6.07 Å². The minimum Gasteiger partial charge on any atom is -0.493 e. The van der Waals surface area contributed by atoms with Crippen LogP contribution in [0.1, 0.15) is 42.5 Å². The van der Waals surface area contributed by atoms with Gasteiger partial charge in [0.25, 0.3) is 0 Å². The summed E-state index contributed by atoms with van der Waals surface area (Å²) in [7, 11) is 3.18. The molecule has 4 heteroatoms. The number of carbonyl (C=O) groups is 1. The summed E-state index contributed by atoms with van der Waals surface area (Å²) < 4.78 is 10.4. The number of hydrogen-bond donors (Lipinski definition) is 0. The maximum absolute atomic E-state index is 12.2. The summed E-state index contributed by atoms with van der Waals surface area (Å²) in [4.78, 5) is 12.2. The predicted molar refractivity (Wildman–Crippen MR) is 83.2 cm³/mol. The lowest BCUT2D eigenvalue weighted by molar-refractivity contribution is 0.102. The van der Waals surface area contributed by atoms with Gasteiger partial charge in [-0.15, -0.1) is 0 Å². The van der Waals surface area contributed by atoms with Crippen LogP contribution in [-0.4, -0.2) is 31.0 Å². The van der Waals surface area contributed by atoms with Gasteiger partial charge in [-0.05, 0) is 31.0 Å². The quantitative estimate of drug-likeness (QED) is 0.744. The Morgan fingerprint density at radius 1 is 1.15 bits per heavy atom. The second kappa shape index (κ2) is 7.58. The molecule has 3 nitrogen and oxygen atoms in total. The Balaban J connectivity index is 1.94. The first-order chi connectivity index (χ1) is 9.74. The van der Waals surface area contributed by atoms with Crippen molar-refractivity contribution in [2.24, 2.45) is 0 Å². The third-order valence-corrected chi connectivity index (χ3v) is 5.08. The van der Waals surface area contributed by atoms with Crippen molar-refractivity contribution in [3.8, 4) is 11.5 Å². The van der Waals surface area contributed by atoms with E-state index < -0.39 is 0 Å². The summed E-state index contributed by atoms with van der Waals surface area (Å²) in [6.45, 7) is 0. The van der Waals surface area contributed by atoms with Crippen LogP contribution < -0.4 is 9.47 Å². The first-order valence-corrected chi connectivity index (χ1v) is 8.16. The molecule has 1 aromatic rings. The molecule has 1 fully saturated rings. The molecule has 2 rings (SSSR count). The van der Waals surface area contributed by atoms with E-state index in [-0.39, 0.29) is 5.78 Å². The first kappa shape index (κ1) is 15.2. The van der Waals surface area contributed by atoms with Crippen molar-refractivity contribution in [1.82, 2.24) is 0 Å². The molecule has 0 amide bonds. The van der Waals surface area contributed by atoms with E-state index in [1.165, 1.54) is 32.1 Å². The number of carbonyl (C=O) groups excluding carboxylic acids is 1. The summed E-state index contributed by atoms with van der Waals surface area (Å²) in [6, 6.07) is 5.37. The van der Waals surface area contributed by atoms with Crippen LogP contribution in [-0.2, 0) is 0 Å². The van der Waals surface area contributed by atoms with Crippen molar-refractivity contribution in [2.45, 2.75) is 37.4 Å². The van der Waals surface area contributed by atoms with Crippen molar-refractivity contribution in [3.05, 3.63) is 23.8 Å². The average Bonchev–Trinajstić information content (AvgIpc) is 2.52. The van der Waals surface area contributed by atoms with Crippen molar-refractivity contribution >= 4 is 17.5 Å². The average molecular weight is 294 g/mol. The highest BCUT2D eigenvalue weighted by Gasteiger charge is 2.17. The number of Topliss-reactive ketones (excluding diaryl/α,β-unsaturated/α-hetero) is 1. The molecule has 0 radical (unpaired) electrons. The summed E-state index contributed by atoms with van der Waals surface area (Å²) in [6.07, 6.45) is 6.47. The smallest absolute Gasteiger partial charge is 0.172 e. The molecule has 110 valence electrons. The Kier molecular flexibility index (Phi) is 5.77. The number of ketones is 1. The number of hydrogen-bond acceptors (Lipinski definition) is 4. The van der Waals surface area contributed by atoms with Crippen LogP contribution in [0.5, 0.6) is 11.5 Å². The topological polar surface area (TPSA) is 35.5 Å². The Hall–Kier alpha value is -1.16. The fraction of sp³-hybridized carbons (Fsp3) is 0.562. The van der Waals surface area contributed by atoms with E-state index in [0.29, 0.717) is 28.1 Å². The van der Waals surface area contributed by atoms with Gasteiger partial charge in [0.1, 0.15) is 0 Å². The van der Waals surface area contributed by atoms with E-state index in [2.05, 4.69) is 0 Å². The maximum atomic E-state index is 12.2. The number of rotatable bonds is 6. The second-order valence-electron chi connectivity index (χ2n) is 5.06. The zero-order chi connectivity index (χ0) is 14.4. The lowest BCUT2D eigenvalue weighted by Crippen LogP contribution is -2.12. The lowest BCUT2D eigenvalue weighted by atomic mass is 10.0. The monoisotopic (exact) mass is 294 g/mol. The molecule has 0 spiro atoms. The van der Waals surface area contributed by atoms with E-state index in [9.17, 15) is 4.79 Å². The highest BCUT2D eigenvalue weighted by molar-refractivity contribution is 8.00. The van der Waals surface area contributed by atoms with E-state index in [1.54, 1.807) is 38.1 Å². The van der Waals surface area contributed by atoms with E-state index in [0.717, 1.165) is 0 Å². The largest absolute Gasteiger partial charge is 0.493 e. The molecule has 1 aliphatic rings. The van der Waals surface area contributed by atoms with Crippen LogP contribution in [0.25, 0.3) is 0 Å². The zero-order valence-corrected chi connectivity index (χ0v) is 13.0. The van der Waals surface area contributed by atoms with Gasteiger partial charge < -0.3 is 9.47 Å². The number of ether oxygens (including phenoxy) is 2. The number of methoxy groups -OCH3 is 2. The Morgan fingerprint density at radius 2 is 1.85 bits per heavy atom. The third kappa shape index (κ3) is 3.92. The van der Waals surface area contributed by atoms with Gasteiger partial charge in [0.2, 0.25) is 0 Å². The molecule has 0 atom stereocenters. The van der Waals surface area contributed by atoms with Crippen LogP contribution in [0.3, 0.4) is 0 Å². The Bertz CT molecular complexity index is 453. The molecule has 0 N–H and O–H groups in total. The maximum Gasteiger partial charge on any atom is 0.172 e. The molecular formula is C16H22O3S. The van der Waals surface area contributed by atoms with Crippen LogP contribution in [0.15, 0.2) is 18.2 Å². The molecule has 0 aromatic heterocycles. The summed E-state index contributed by atoms with van der Waals surface area (Å²) in [5.41, 5.74) is 0.700. The second-order valence-corrected chi connectivity index (χ2v) is 6.35. The van der Waals surface area contributed by atoms with Gasteiger partial charge in [-0.3, -0.25) is 4.79 Å². The predicted octanol–water partition coefficient (Wildman–Crippen LogP) is 3.95. The molecule has 1 aliphatic carbocycles. The van der Waals surface area contributed by atoms with Gasteiger partial charge in [-0.1, -0.05) is 19.3 Å². The van der Waals surface area contributed by atoms with Crippen LogP contribution in [0, 0.1) is 0 Å². The van der Waals surface area contributed by atoms with Crippen LogP contribution in [0.4, 0.5) is 0 Å². The summed E-state index contributed by atoms with van der Waals surface area (Å²) >= 11 is 1.80. The van der Waals surface area contributed by atoms with Gasteiger partial charge in [0.05, 0.1) is 20.0 Å². The standard InChI is InChI=1S/C16H22O3S/c1-18-15-9-8-12(10-16(15)19-2)14(17)11-20-13-6-4-3-5-7-13/h8-10,13H,3-7,11H2,1-2H3. The minimum absolute atomic E-state index is 0.168. The molecule has 1 saturated carbocycles. The lowest BCUT2D eigenvalue weighted by Gasteiger charge is -2.20. The van der Waals surface area contributed by atoms with Gasteiger partial charge in [-0.2, -0.15) is 11.8 Å². The molecular weight excluding hydrogens is 272 g/mol. The molecule has 0 aliphatic heterocycles. The molecule has 0 heterocycles. The minimum atomic E-state index is 0.168. The van der Waals surface area contributed by atoms with E-state index >= 15 is 0 Å². The van der Waals surface area contributed by atoms with Gasteiger partial charge in [0, 0.05) is 10.8 Å². The molecule has 20 heavy (non-hydrogen) atoms. The van der Waals surface area contributed by atoms with Crippen molar-refractivity contribution < 1.29 is 14.3 Å². The number of benzene rings is 1. The molecule has 1 aromatic carbocycles. The first-order valence-electron chi connectivity index (χ1n) is 7.11. The van der Waals surface area contributed by atoms with Gasteiger partial charge >= 0.3 is 0 Å². The molecule has 0 saturated heterocycles. The highest BCUT2D eigenvalue weighted by atomic mass is 32.2. The normalized spacial score (nSPS) is 15.9. The summed E-state index contributed by atoms with van der Waals surface area (Å²) in [5, 5.41) is 0.660. The zero-order valence-electron chi connectivity index (χ0n) is 12.2. The SMILES string of the molecule is COc1ccc(C(=O)CSC2CCCCC2)cc1OC. The van der Waals surface area contributed by atoms with Crippen LogP contribution in [0.2, 0.25) is 0 Å². The van der Waals surface area contributed by atoms with Crippen molar-refractivity contribution in [3.63, 3.8) is 0 Å².